The van der Waals surface area contributed by atoms with Gasteiger partial charge in [-0.25, -0.2) is 4.98 Å². The lowest BCUT2D eigenvalue weighted by atomic mass is 10.2. The summed E-state index contributed by atoms with van der Waals surface area (Å²) in [4.78, 5) is 18.2. The number of imidazole rings is 1. The Bertz CT molecular complexity index is 884. The SMILES string of the molecule is O=[NH+]c1cccc(Cn2c(CN3CCOCC3)nc3ccccc32)c1. The van der Waals surface area contributed by atoms with Crippen LogP contribution in [0.2, 0.25) is 0 Å². The van der Waals surface area contributed by atoms with Gasteiger partial charge in [0.15, 0.2) is 0 Å². The second kappa shape index (κ2) is 7.13. The molecule has 0 spiro atoms. The van der Waals surface area contributed by atoms with E-state index in [0.717, 1.165) is 55.3 Å². The first-order valence-corrected chi connectivity index (χ1v) is 8.55. The average molecular weight is 337 g/mol. The molecule has 0 atom stereocenters. The molecule has 128 valence electrons. The van der Waals surface area contributed by atoms with Gasteiger partial charge in [0, 0.05) is 41.9 Å². The molecule has 0 saturated carbocycles. The molecule has 0 radical (unpaired) electrons. The zero-order valence-electron chi connectivity index (χ0n) is 14.0. The van der Waals surface area contributed by atoms with Crippen LogP contribution < -0.4 is 5.18 Å². The number of fused-ring (bicyclic) bond motifs is 1. The minimum absolute atomic E-state index is 0.580. The number of nitrogens with one attached hydrogen (secondary N) is 1. The quantitative estimate of drug-likeness (QED) is 0.764. The third-order valence-electron chi connectivity index (χ3n) is 4.59. The molecular weight excluding hydrogens is 316 g/mol. The summed E-state index contributed by atoms with van der Waals surface area (Å²) in [5.41, 5.74) is 3.78. The van der Waals surface area contributed by atoms with Gasteiger partial charge in [-0.1, -0.05) is 24.3 Å². The van der Waals surface area contributed by atoms with E-state index < -0.39 is 0 Å². The van der Waals surface area contributed by atoms with Crippen LogP contribution in [0.25, 0.3) is 11.0 Å². The Balaban J connectivity index is 1.69. The number of hydrogen-bond acceptors (Lipinski definition) is 4. The molecular formula is C19H21N4O2+. The molecule has 0 aliphatic carbocycles. The van der Waals surface area contributed by atoms with Crippen LogP contribution in [0.4, 0.5) is 5.69 Å². The fraction of sp³-hybridized carbons (Fsp3) is 0.316. The van der Waals surface area contributed by atoms with E-state index in [9.17, 15) is 4.91 Å². The molecule has 2 heterocycles. The van der Waals surface area contributed by atoms with Crippen LogP contribution in [0, 0.1) is 4.91 Å². The van der Waals surface area contributed by atoms with Crippen molar-refractivity contribution >= 4 is 16.7 Å². The molecule has 0 bridgehead atoms. The van der Waals surface area contributed by atoms with Gasteiger partial charge in [0.1, 0.15) is 5.82 Å². The minimum Gasteiger partial charge on any atom is -0.379 e. The second-order valence-electron chi connectivity index (χ2n) is 6.29. The zero-order chi connectivity index (χ0) is 17.1. The number of nitrogens with zero attached hydrogens (tertiary/aromatic N) is 3. The fourth-order valence-electron chi connectivity index (χ4n) is 3.30. The zero-order valence-corrected chi connectivity index (χ0v) is 14.0. The van der Waals surface area contributed by atoms with E-state index in [1.165, 1.54) is 0 Å². The van der Waals surface area contributed by atoms with Crippen LogP contribution in [0.3, 0.4) is 0 Å². The number of nitroso groups, excluding NO2 is 1. The number of rotatable bonds is 5. The number of hydrogen-bond donors (Lipinski definition) is 1. The molecule has 1 N–H and O–H groups in total. The van der Waals surface area contributed by atoms with Gasteiger partial charge in [-0.15, -0.1) is 0 Å². The molecule has 0 amide bonds. The van der Waals surface area contributed by atoms with Crippen LogP contribution >= 0.6 is 0 Å². The number of ether oxygens (including phenoxy) is 1. The molecule has 3 aromatic rings. The van der Waals surface area contributed by atoms with Gasteiger partial charge < -0.3 is 9.30 Å². The Hall–Kier alpha value is -2.57. The molecule has 6 nitrogen and oxygen atoms in total. The topological polar surface area (TPSA) is 61.3 Å². The maximum atomic E-state index is 10.9. The standard InChI is InChI=1S/C19H20N4O2/c24-21-16-5-3-4-15(12-16)13-23-18-7-2-1-6-17(18)20-19(23)14-22-8-10-25-11-9-22/h1-7,12H,8-11,13-14H2/p+1. The van der Waals surface area contributed by atoms with Crippen molar-refractivity contribution in [2.75, 3.05) is 26.3 Å². The number of benzene rings is 2. The van der Waals surface area contributed by atoms with Gasteiger partial charge in [-0.2, -0.15) is 0 Å². The van der Waals surface area contributed by atoms with Gasteiger partial charge >= 0.3 is 0 Å². The monoisotopic (exact) mass is 337 g/mol. The minimum atomic E-state index is 0.580. The van der Waals surface area contributed by atoms with Gasteiger partial charge in [-0.05, 0) is 17.7 Å². The van der Waals surface area contributed by atoms with E-state index >= 15 is 0 Å². The lowest BCUT2D eigenvalue weighted by Gasteiger charge is -2.26. The summed E-state index contributed by atoms with van der Waals surface area (Å²) in [6, 6.07) is 15.8. The van der Waals surface area contributed by atoms with Crippen molar-refractivity contribution in [3.8, 4) is 0 Å². The van der Waals surface area contributed by atoms with Gasteiger partial charge in [0.2, 0.25) is 0 Å². The Morgan fingerprint density at radius 2 is 1.88 bits per heavy atom. The van der Waals surface area contributed by atoms with Crippen LogP contribution in [-0.2, 0) is 17.8 Å². The van der Waals surface area contributed by atoms with Crippen molar-refractivity contribution in [1.29, 1.82) is 0 Å². The van der Waals surface area contributed by atoms with Crippen molar-refractivity contribution in [2.24, 2.45) is 0 Å². The van der Waals surface area contributed by atoms with Gasteiger partial charge in [0.05, 0.1) is 30.8 Å². The van der Waals surface area contributed by atoms with E-state index in [0.29, 0.717) is 12.2 Å². The number of morpholine rings is 1. The highest BCUT2D eigenvalue weighted by molar-refractivity contribution is 5.76. The third-order valence-corrected chi connectivity index (χ3v) is 4.59. The van der Waals surface area contributed by atoms with Crippen molar-refractivity contribution < 1.29 is 9.91 Å². The number of para-hydroxylation sites is 2. The Morgan fingerprint density at radius 3 is 2.72 bits per heavy atom. The van der Waals surface area contributed by atoms with Crippen molar-refractivity contribution in [3.63, 3.8) is 0 Å². The van der Waals surface area contributed by atoms with E-state index in [1.54, 1.807) is 6.07 Å². The highest BCUT2D eigenvalue weighted by Crippen LogP contribution is 2.20. The predicted octanol–water partition coefficient (Wildman–Crippen LogP) is 1.40. The summed E-state index contributed by atoms with van der Waals surface area (Å²) in [6.45, 7) is 4.90. The largest absolute Gasteiger partial charge is 0.379 e. The molecule has 1 aromatic heterocycles. The van der Waals surface area contributed by atoms with Crippen molar-refractivity contribution in [2.45, 2.75) is 13.1 Å². The van der Waals surface area contributed by atoms with E-state index in [4.69, 9.17) is 9.72 Å². The predicted molar refractivity (Wildman–Crippen MR) is 95.4 cm³/mol. The highest BCUT2D eigenvalue weighted by atomic mass is 16.5. The first kappa shape index (κ1) is 15.9. The Morgan fingerprint density at radius 1 is 1.04 bits per heavy atom. The Labute approximate surface area is 146 Å². The molecule has 1 fully saturated rings. The van der Waals surface area contributed by atoms with Crippen LogP contribution in [0.5, 0.6) is 0 Å². The van der Waals surface area contributed by atoms with Crippen molar-refractivity contribution in [3.05, 3.63) is 64.8 Å². The maximum absolute atomic E-state index is 10.9. The molecule has 1 saturated heterocycles. The van der Waals surface area contributed by atoms with Crippen LogP contribution in [0.1, 0.15) is 11.4 Å². The Kier molecular flexibility index (Phi) is 4.54. The summed E-state index contributed by atoms with van der Waals surface area (Å²) in [5.74, 6) is 1.04. The normalized spacial score (nSPS) is 15.5. The third kappa shape index (κ3) is 3.45. The smallest absolute Gasteiger partial charge is 0.253 e. The first-order valence-electron chi connectivity index (χ1n) is 8.55. The fourth-order valence-corrected chi connectivity index (χ4v) is 3.30. The molecule has 25 heavy (non-hydrogen) atoms. The highest BCUT2D eigenvalue weighted by Gasteiger charge is 2.17. The molecule has 4 rings (SSSR count). The average Bonchev–Trinajstić information content (AvgIpc) is 3.00. The summed E-state index contributed by atoms with van der Waals surface area (Å²) in [7, 11) is 0. The first-order chi connectivity index (χ1) is 12.3. The molecule has 0 unspecified atom stereocenters. The van der Waals surface area contributed by atoms with Crippen molar-refractivity contribution in [1.82, 2.24) is 14.5 Å². The second-order valence-corrected chi connectivity index (χ2v) is 6.29. The van der Waals surface area contributed by atoms with Crippen LogP contribution in [-0.4, -0.2) is 40.8 Å². The summed E-state index contributed by atoms with van der Waals surface area (Å²) >= 11 is 0. The molecule has 1 aliphatic rings. The molecule has 1 aliphatic heterocycles. The van der Waals surface area contributed by atoms with Gasteiger partial charge in [0.25, 0.3) is 5.69 Å². The summed E-state index contributed by atoms with van der Waals surface area (Å²) in [5, 5.41) is 1.97. The molecule has 2 aromatic carbocycles. The van der Waals surface area contributed by atoms with Crippen LogP contribution in [0.15, 0.2) is 48.5 Å². The summed E-state index contributed by atoms with van der Waals surface area (Å²) in [6.07, 6.45) is 0. The lowest BCUT2D eigenvalue weighted by molar-refractivity contribution is -0.379. The van der Waals surface area contributed by atoms with Gasteiger partial charge in [-0.3, -0.25) is 4.90 Å². The number of aromatic nitrogens is 2. The maximum Gasteiger partial charge on any atom is 0.253 e. The lowest BCUT2D eigenvalue weighted by Crippen LogP contribution is -2.55. The van der Waals surface area contributed by atoms with E-state index in [-0.39, 0.29) is 0 Å². The van der Waals surface area contributed by atoms with E-state index in [1.807, 2.05) is 41.6 Å². The molecule has 6 heteroatoms. The summed E-state index contributed by atoms with van der Waals surface area (Å²) < 4.78 is 7.69. The van der Waals surface area contributed by atoms with E-state index in [2.05, 4.69) is 15.5 Å².